The lowest BCUT2D eigenvalue weighted by atomic mass is 10.0. The second-order valence-electron chi connectivity index (χ2n) is 8.79. The van der Waals surface area contributed by atoms with E-state index in [1.54, 1.807) is 74.9 Å². The van der Waals surface area contributed by atoms with Crippen molar-refractivity contribution >= 4 is 23.0 Å². The summed E-state index contributed by atoms with van der Waals surface area (Å²) in [6.07, 6.45) is 0. The van der Waals surface area contributed by atoms with Crippen molar-refractivity contribution in [1.29, 1.82) is 5.26 Å². The van der Waals surface area contributed by atoms with Crippen molar-refractivity contribution in [2.24, 2.45) is 0 Å². The molecular weight excluding hydrogens is 513 g/mol. The number of methoxy groups -OCH3 is 3. The molecule has 0 saturated heterocycles. The highest BCUT2D eigenvalue weighted by atomic mass is 19.1. The quantitative estimate of drug-likeness (QED) is 0.227. The van der Waals surface area contributed by atoms with Crippen molar-refractivity contribution in [2.45, 2.75) is 6.54 Å². The van der Waals surface area contributed by atoms with Gasteiger partial charge in [-0.15, -0.1) is 0 Å². The van der Waals surface area contributed by atoms with E-state index in [1.165, 1.54) is 24.1 Å². The molecular formula is C31H24FN3O5. The summed E-state index contributed by atoms with van der Waals surface area (Å²) >= 11 is 0. The Labute approximate surface area is 229 Å². The van der Waals surface area contributed by atoms with Gasteiger partial charge in [0, 0.05) is 17.2 Å². The van der Waals surface area contributed by atoms with Crippen molar-refractivity contribution in [1.82, 2.24) is 4.98 Å². The number of hydrogen-bond acceptors (Lipinski definition) is 7. The van der Waals surface area contributed by atoms with E-state index in [-0.39, 0.29) is 24.0 Å². The van der Waals surface area contributed by atoms with Crippen LogP contribution in [0.3, 0.4) is 0 Å². The van der Waals surface area contributed by atoms with Gasteiger partial charge in [0.1, 0.15) is 34.7 Å². The zero-order valence-corrected chi connectivity index (χ0v) is 22.0. The first-order valence-electron chi connectivity index (χ1n) is 12.2. The molecule has 8 nitrogen and oxygen atoms in total. The topological polar surface area (TPSA) is 97.8 Å². The second kappa shape index (κ2) is 11.2. The minimum absolute atomic E-state index is 0.0538. The molecule has 0 aliphatic rings. The van der Waals surface area contributed by atoms with E-state index in [9.17, 15) is 14.4 Å². The smallest absolute Gasteiger partial charge is 0.305 e. The Morgan fingerprint density at radius 2 is 1.68 bits per heavy atom. The third kappa shape index (κ3) is 5.15. The SMILES string of the molecule is COc1cccc(C(=O)N(Cc2ccc(OC)cc2OC)c2nc3cc(-c4ccc(F)c(C#N)c4)ccc3o2)c1. The number of fused-ring (bicyclic) bond motifs is 1. The van der Waals surface area contributed by atoms with E-state index in [2.05, 4.69) is 4.98 Å². The van der Waals surface area contributed by atoms with Gasteiger partial charge in [0.05, 0.1) is 33.4 Å². The third-order valence-corrected chi connectivity index (χ3v) is 6.41. The van der Waals surface area contributed by atoms with Gasteiger partial charge in [0.2, 0.25) is 0 Å². The van der Waals surface area contributed by atoms with E-state index in [4.69, 9.17) is 18.6 Å². The van der Waals surface area contributed by atoms with Gasteiger partial charge >= 0.3 is 6.01 Å². The Morgan fingerprint density at radius 1 is 0.925 bits per heavy atom. The lowest BCUT2D eigenvalue weighted by Crippen LogP contribution is -2.31. The highest BCUT2D eigenvalue weighted by Crippen LogP contribution is 2.32. The minimum atomic E-state index is -0.586. The fraction of sp³-hybridized carbons (Fsp3) is 0.129. The first kappa shape index (κ1) is 26.3. The fourth-order valence-corrected chi connectivity index (χ4v) is 4.29. The van der Waals surface area contributed by atoms with Gasteiger partial charge in [-0.2, -0.15) is 10.2 Å². The number of aromatic nitrogens is 1. The van der Waals surface area contributed by atoms with Crippen molar-refractivity contribution in [3.05, 3.63) is 101 Å². The number of halogens is 1. The first-order valence-corrected chi connectivity index (χ1v) is 12.2. The molecule has 0 bridgehead atoms. The summed E-state index contributed by atoms with van der Waals surface area (Å²) in [5, 5.41) is 9.21. The number of hydrogen-bond donors (Lipinski definition) is 0. The van der Waals surface area contributed by atoms with Crippen LogP contribution >= 0.6 is 0 Å². The number of carbonyl (C=O) groups excluding carboxylic acids is 1. The molecule has 0 fully saturated rings. The Bertz CT molecular complexity index is 1760. The molecule has 0 spiro atoms. The van der Waals surface area contributed by atoms with Gasteiger partial charge in [-0.1, -0.05) is 18.2 Å². The normalized spacial score (nSPS) is 10.7. The molecule has 0 atom stereocenters. The maximum Gasteiger partial charge on any atom is 0.305 e. The van der Waals surface area contributed by atoms with Gasteiger partial charge in [-0.05, 0) is 65.7 Å². The summed E-state index contributed by atoms with van der Waals surface area (Å²) in [5.41, 5.74) is 3.33. The van der Waals surface area contributed by atoms with Crippen LogP contribution in [0.2, 0.25) is 0 Å². The number of nitriles is 1. The molecule has 5 aromatic rings. The van der Waals surface area contributed by atoms with Crippen LogP contribution in [0.5, 0.6) is 17.2 Å². The molecule has 0 saturated carbocycles. The zero-order chi connectivity index (χ0) is 28.2. The van der Waals surface area contributed by atoms with Gasteiger partial charge in [0.15, 0.2) is 5.58 Å². The molecule has 1 aromatic heterocycles. The van der Waals surface area contributed by atoms with E-state index < -0.39 is 5.82 Å². The average Bonchev–Trinajstić information content (AvgIpc) is 3.43. The van der Waals surface area contributed by atoms with Crippen LogP contribution in [0.15, 0.2) is 83.3 Å². The summed E-state index contributed by atoms with van der Waals surface area (Å²) < 4.78 is 36.1. The molecule has 9 heteroatoms. The molecule has 0 unspecified atom stereocenters. The summed E-state index contributed by atoms with van der Waals surface area (Å²) in [6, 6.07) is 23.7. The lowest BCUT2D eigenvalue weighted by molar-refractivity contribution is 0.0979. The van der Waals surface area contributed by atoms with E-state index in [0.29, 0.717) is 50.6 Å². The Kier molecular flexibility index (Phi) is 7.33. The molecule has 0 aliphatic carbocycles. The molecule has 1 heterocycles. The number of benzene rings is 4. The fourth-order valence-electron chi connectivity index (χ4n) is 4.29. The molecule has 5 rings (SSSR count). The summed E-state index contributed by atoms with van der Waals surface area (Å²) in [6.45, 7) is 0.0897. The number of anilines is 1. The highest BCUT2D eigenvalue weighted by Gasteiger charge is 2.25. The van der Waals surface area contributed by atoms with Crippen LogP contribution in [-0.4, -0.2) is 32.2 Å². The van der Waals surface area contributed by atoms with Gasteiger partial charge in [-0.3, -0.25) is 9.69 Å². The number of rotatable bonds is 8. The monoisotopic (exact) mass is 537 g/mol. The predicted octanol–water partition coefficient (Wildman–Crippen LogP) is 6.38. The van der Waals surface area contributed by atoms with Crippen LogP contribution in [0.1, 0.15) is 21.5 Å². The summed E-state index contributed by atoms with van der Waals surface area (Å²) in [5.74, 6) is 0.732. The maximum absolute atomic E-state index is 13.9. The van der Waals surface area contributed by atoms with E-state index in [1.807, 2.05) is 12.1 Å². The van der Waals surface area contributed by atoms with E-state index in [0.717, 1.165) is 0 Å². The first-order chi connectivity index (χ1) is 19.4. The number of ether oxygens (including phenoxy) is 3. The third-order valence-electron chi connectivity index (χ3n) is 6.41. The molecule has 0 aliphatic heterocycles. The van der Waals surface area contributed by atoms with Crippen LogP contribution in [0.25, 0.3) is 22.2 Å². The molecule has 0 radical (unpaired) electrons. The summed E-state index contributed by atoms with van der Waals surface area (Å²) in [7, 11) is 4.63. The maximum atomic E-state index is 13.9. The van der Waals surface area contributed by atoms with Gasteiger partial charge in [0.25, 0.3) is 5.91 Å². The molecule has 200 valence electrons. The minimum Gasteiger partial charge on any atom is -0.497 e. The van der Waals surface area contributed by atoms with Crippen LogP contribution in [-0.2, 0) is 6.54 Å². The molecule has 4 aromatic carbocycles. The van der Waals surface area contributed by atoms with Crippen LogP contribution < -0.4 is 19.1 Å². The highest BCUT2D eigenvalue weighted by molar-refractivity contribution is 6.05. The number of amides is 1. The number of nitrogens with zero attached hydrogens (tertiary/aromatic N) is 3. The Balaban J connectivity index is 1.58. The Morgan fingerprint density at radius 3 is 2.42 bits per heavy atom. The van der Waals surface area contributed by atoms with E-state index >= 15 is 0 Å². The van der Waals surface area contributed by atoms with Crippen molar-refractivity contribution in [3.63, 3.8) is 0 Å². The standard InChI is InChI=1S/C31H24FN3O5/c1-37-24-6-4-5-21(14-24)30(36)35(18-22-7-10-25(38-2)16-29(22)39-3)31-34-27-15-20(9-12-28(27)40-31)19-8-11-26(32)23(13-19)17-33/h4-16H,18H2,1-3H3. The predicted molar refractivity (Wildman–Crippen MR) is 147 cm³/mol. The second-order valence-corrected chi connectivity index (χ2v) is 8.79. The average molecular weight is 538 g/mol. The lowest BCUT2D eigenvalue weighted by Gasteiger charge is -2.21. The summed E-state index contributed by atoms with van der Waals surface area (Å²) in [4.78, 5) is 19.9. The largest absolute Gasteiger partial charge is 0.497 e. The van der Waals surface area contributed by atoms with Gasteiger partial charge < -0.3 is 18.6 Å². The molecule has 0 N–H and O–H groups in total. The van der Waals surface area contributed by atoms with Crippen LogP contribution in [0.4, 0.5) is 10.4 Å². The van der Waals surface area contributed by atoms with Crippen molar-refractivity contribution < 1.29 is 27.8 Å². The van der Waals surface area contributed by atoms with Gasteiger partial charge in [-0.25, -0.2) is 4.39 Å². The number of oxazole rings is 1. The number of carbonyl (C=O) groups is 1. The zero-order valence-electron chi connectivity index (χ0n) is 22.0. The Hall–Kier alpha value is -5.36. The molecule has 1 amide bonds. The van der Waals surface area contributed by atoms with Crippen LogP contribution in [0, 0.1) is 17.1 Å². The van der Waals surface area contributed by atoms with Crippen molar-refractivity contribution in [2.75, 3.05) is 26.2 Å². The van der Waals surface area contributed by atoms with Crippen molar-refractivity contribution in [3.8, 4) is 34.4 Å². The molecule has 40 heavy (non-hydrogen) atoms.